The second-order valence-corrected chi connectivity index (χ2v) is 8.64. The Balaban J connectivity index is 1.35. The molecule has 1 aliphatic carbocycles. The summed E-state index contributed by atoms with van der Waals surface area (Å²) >= 11 is 1.48. The third-order valence-corrected chi connectivity index (χ3v) is 6.65. The molecule has 2 N–H and O–H groups in total. The number of hydrogen-bond donors (Lipinski definition) is 2. The summed E-state index contributed by atoms with van der Waals surface area (Å²) in [7, 11) is 0. The summed E-state index contributed by atoms with van der Waals surface area (Å²) < 4.78 is 16.8. The minimum absolute atomic E-state index is 0.119. The number of carbonyl (C=O) groups excluding carboxylic acids is 2. The molecular formula is C23H22N2O5S. The maximum atomic E-state index is 13.1. The first-order valence-electron chi connectivity index (χ1n) is 10.3. The molecule has 0 fully saturated rings. The van der Waals surface area contributed by atoms with Crippen molar-refractivity contribution in [3.05, 3.63) is 64.4 Å². The van der Waals surface area contributed by atoms with Crippen molar-refractivity contribution in [2.24, 2.45) is 0 Å². The van der Waals surface area contributed by atoms with E-state index in [1.807, 2.05) is 18.2 Å². The number of furan rings is 1. The zero-order valence-corrected chi connectivity index (χ0v) is 17.6. The predicted octanol–water partition coefficient (Wildman–Crippen LogP) is 3.93. The van der Waals surface area contributed by atoms with E-state index >= 15 is 0 Å². The molecule has 2 aromatic heterocycles. The summed E-state index contributed by atoms with van der Waals surface area (Å²) in [5, 5.41) is 6.41. The van der Waals surface area contributed by atoms with Crippen LogP contribution in [-0.2, 0) is 24.2 Å². The van der Waals surface area contributed by atoms with Gasteiger partial charge in [0.2, 0.25) is 6.10 Å². The number of thiophene rings is 1. The lowest BCUT2D eigenvalue weighted by atomic mass is 9.95. The molecule has 0 radical (unpaired) electrons. The number of anilines is 1. The summed E-state index contributed by atoms with van der Waals surface area (Å²) in [4.78, 5) is 27.2. The van der Waals surface area contributed by atoms with E-state index in [1.165, 1.54) is 11.3 Å². The molecular weight excluding hydrogens is 416 g/mol. The van der Waals surface area contributed by atoms with Crippen molar-refractivity contribution in [1.82, 2.24) is 5.32 Å². The fourth-order valence-corrected chi connectivity index (χ4v) is 5.19. The Hall–Kier alpha value is -3.26. The van der Waals surface area contributed by atoms with Crippen molar-refractivity contribution < 1.29 is 23.5 Å². The van der Waals surface area contributed by atoms with Crippen LogP contribution in [0.25, 0.3) is 0 Å². The quantitative estimate of drug-likeness (QED) is 0.630. The number of hydrogen-bond acceptors (Lipinski definition) is 6. The van der Waals surface area contributed by atoms with E-state index in [-0.39, 0.29) is 18.4 Å². The minimum Gasteiger partial charge on any atom is -0.485 e. The molecule has 0 saturated carbocycles. The summed E-state index contributed by atoms with van der Waals surface area (Å²) in [5.41, 5.74) is 1.59. The van der Waals surface area contributed by atoms with Crippen LogP contribution in [-0.4, -0.2) is 24.5 Å². The standard InChI is InChI=1S/C23H22N2O5S/c26-21(18-13-29-16-8-2-3-9-17(16)30-18)25-23-20(15-7-1-4-10-19(15)31-23)22(27)24-12-14-6-5-11-28-14/h2-3,5-6,8-9,11,18H,1,4,7,10,12-13H2,(H,24,27)(H,25,26)/t18-/m0/s1. The molecule has 2 aliphatic rings. The molecule has 1 aromatic carbocycles. The highest BCUT2D eigenvalue weighted by atomic mass is 32.1. The number of amides is 2. The van der Waals surface area contributed by atoms with Crippen molar-refractivity contribution in [2.45, 2.75) is 38.3 Å². The average molecular weight is 439 g/mol. The zero-order valence-electron chi connectivity index (χ0n) is 16.8. The van der Waals surface area contributed by atoms with Crippen molar-refractivity contribution in [1.29, 1.82) is 0 Å². The van der Waals surface area contributed by atoms with Gasteiger partial charge in [-0.2, -0.15) is 0 Å². The van der Waals surface area contributed by atoms with Gasteiger partial charge in [-0.05, 0) is 55.5 Å². The number of fused-ring (bicyclic) bond motifs is 2. The van der Waals surface area contributed by atoms with Gasteiger partial charge >= 0.3 is 0 Å². The van der Waals surface area contributed by atoms with Crippen LogP contribution in [0.4, 0.5) is 5.00 Å². The summed E-state index contributed by atoms with van der Waals surface area (Å²) in [6.45, 7) is 0.411. The van der Waals surface area contributed by atoms with Gasteiger partial charge < -0.3 is 24.5 Å². The topological polar surface area (TPSA) is 89.8 Å². The average Bonchev–Trinajstić information content (AvgIpc) is 3.44. The summed E-state index contributed by atoms with van der Waals surface area (Å²) in [5.74, 6) is 1.30. The van der Waals surface area contributed by atoms with Crippen molar-refractivity contribution in [3.63, 3.8) is 0 Å². The van der Waals surface area contributed by atoms with Gasteiger partial charge in [0.25, 0.3) is 11.8 Å². The molecule has 3 heterocycles. The second-order valence-electron chi connectivity index (χ2n) is 7.53. The Kier molecular flexibility index (Phi) is 5.38. The van der Waals surface area contributed by atoms with E-state index in [0.29, 0.717) is 34.4 Å². The Labute approximate surface area is 183 Å². The first-order valence-corrected chi connectivity index (χ1v) is 11.1. The molecule has 8 heteroatoms. The highest BCUT2D eigenvalue weighted by Gasteiger charge is 2.31. The van der Waals surface area contributed by atoms with Crippen LogP contribution >= 0.6 is 11.3 Å². The van der Waals surface area contributed by atoms with Crippen LogP contribution in [0.1, 0.15) is 39.4 Å². The second kappa shape index (κ2) is 8.47. The molecule has 2 amide bonds. The van der Waals surface area contributed by atoms with Crippen molar-refractivity contribution in [3.8, 4) is 11.5 Å². The van der Waals surface area contributed by atoms with Crippen LogP contribution in [0, 0.1) is 0 Å². The Morgan fingerprint density at radius 3 is 2.74 bits per heavy atom. The van der Waals surface area contributed by atoms with Gasteiger partial charge in [-0.15, -0.1) is 11.3 Å². The highest BCUT2D eigenvalue weighted by Crippen LogP contribution is 2.39. The monoisotopic (exact) mass is 438 g/mol. The van der Waals surface area contributed by atoms with Gasteiger partial charge in [0, 0.05) is 4.88 Å². The third kappa shape index (κ3) is 4.03. The molecule has 5 rings (SSSR count). The minimum atomic E-state index is -0.784. The Morgan fingerprint density at radius 1 is 1.06 bits per heavy atom. The van der Waals surface area contributed by atoms with Crippen molar-refractivity contribution >= 4 is 28.2 Å². The summed E-state index contributed by atoms with van der Waals surface area (Å²) in [6, 6.07) is 10.8. The van der Waals surface area contributed by atoms with Crippen molar-refractivity contribution in [2.75, 3.05) is 11.9 Å². The van der Waals surface area contributed by atoms with E-state index in [4.69, 9.17) is 13.9 Å². The molecule has 0 spiro atoms. The van der Waals surface area contributed by atoms with E-state index in [9.17, 15) is 9.59 Å². The number of benzene rings is 1. The SMILES string of the molecule is O=C(NCc1ccco1)c1c(NC(=O)[C@@H]2COc3ccccc3O2)sc2c1CCCC2. The molecule has 0 unspecified atom stereocenters. The normalized spacial score (nSPS) is 17.0. The lowest BCUT2D eigenvalue weighted by Crippen LogP contribution is -2.40. The Morgan fingerprint density at radius 2 is 1.90 bits per heavy atom. The fraction of sp³-hybridized carbons (Fsp3) is 0.304. The van der Waals surface area contributed by atoms with Gasteiger partial charge in [0.15, 0.2) is 11.5 Å². The molecule has 1 atom stereocenters. The number of nitrogens with one attached hydrogen (secondary N) is 2. The predicted molar refractivity (Wildman–Crippen MR) is 116 cm³/mol. The van der Waals surface area contributed by atoms with Gasteiger partial charge in [-0.25, -0.2) is 0 Å². The first kappa shape index (κ1) is 19.7. The van der Waals surface area contributed by atoms with Crippen LogP contribution in [0.3, 0.4) is 0 Å². The van der Waals surface area contributed by atoms with E-state index in [1.54, 1.807) is 24.5 Å². The molecule has 1 aliphatic heterocycles. The summed E-state index contributed by atoms with van der Waals surface area (Å²) in [6.07, 6.45) is 4.67. The molecule has 0 bridgehead atoms. The number of carbonyl (C=O) groups is 2. The maximum absolute atomic E-state index is 13.1. The van der Waals surface area contributed by atoms with E-state index in [0.717, 1.165) is 36.1 Å². The first-order chi connectivity index (χ1) is 15.2. The molecule has 3 aromatic rings. The third-order valence-electron chi connectivity index (χ3n) is 5.44. The lowest BCUT2D eigenvalue weighted by molar-refractivity contribution is -0.125. The molecule has 0 saturated heterocycles. The van der Waals surface area contributed by atoms with Gasteiger partial charge in [-0.3, -0.25) is 9.59 Å². The van der Waals surface area contributed by atoms with Crippen LogP contribution in [0.2, 0.25) is 0 Å². The van der Waals surface area contributed by atoms with Gasteiger partial charge in [0.05, 0.1) is 18.4 Å². The van der Waals surface area contributed by atoms with Gasteiger partial charge in [-0.1, -0.05) is 12.1 Å². The number of para-hydroxylation sites is 2. The lowest BCUT2D eigenvalue weighted by Gasteiger charge is -2.25. The zero-order chi connectivity index (χ0) is 21.2. The van der Waals surface area contributed by atoms with E-state index in [2.05, 4.69) is 10.6 Å². The van der Waals surface area contributed by atoms with E-state index < -0.39 is 6.10 Å². The highest BCUT2D eigenvalue weighted by molar-refractivity contribution is 7.17. The number of aryl methyl sites for hydroxylation is 1. The van der Waals surface area contributed by atoms with Crippen LogP contribution in [0.15, 0.2) is 47.1 Å². The fourth-order valence-electron chi connectivity index (χ4n) is 3.90. The maximum Gasteiger partial charge on any atom is 0.269 e. The van der Waals surface area contributed by atoms with Crippen LogP contribution < -0.4 is 20.1 Å². The van der Waals surface area contributed by atoms with Crippen LogP contribution in [0.5, 0.6) is 11.5 Å². The number of rotatable bonds is 5. The largest absolute Gasteiger partial charge is 0.485 e. The molecule has 31 heavy (non-hydrogen) atoms. The van der Waals surface area contributed by atoms with Gasteiger partial charge in [0.1, 0.15) is 17.4 Å². The Bertz CT molecular complexity index is 1110. The smallest absolute Gasteiger partial charge is 0.269 e. The number of ether oxygens (including phenoxy) is 2. The molecule has 160 valence electrons. The molecule has 7 nitrogen and oxygen atoms in total.